The first kappa shape index (κ1) is 14.6. The molecular formula is C12H19N7S. The van der Waals surface area contributed by atoms with Crippen LogP contribution in [0.25, 0.3) is 5.95 Å². The zero-order chi connectivity index (χ0) is 14.5. The standard InChI is InChI=1S/C12H19N7S/c1-9(4-7-20-3)18(2)11-15-10(13)16-12(17-11)19-6-5-14-8-19/h5-6,8-9H,4,7H2,1-3H3,(H2,13,15,16,17). The average Bonchev–Trinajstić information content (AvgIpc) is 2.97. The normalized spacial score (nSPS) is 12.3. The van der Waals surface area contributed by atoms with Gasteiger partial charge in [-0.3, -0.25) is 4.57 Å². The van der Waals surface area contributed by atoms with E-state index in [0.29, 0.717) is 17.9 Å². The molecule has 0 aliphatic rings. The molecule has 0 radical (unpaired) electrons. The van der Waals surface area contributed by atoms with Crippen LogP contribution in [0.15, 0.2) is 18.7 Å². The lowest BCUT2D eigenvalue weighted by Crippen LogP contribution is -2.31. The summed E-state index contributed by atoms with van der Waals surface area (Å²) < 4.78 is 1.71. The van der Waals surface area contributed by atoms with Crippen LogP contribution in [0.2, 0.25) is 0 Å². The van der Waals surface area contributed by atoms with Gasteiger partial charge in [0.05, 0.1) is 0 Å². The van der Waals surface area contributed by atoms with Crippen molar-refractivity contribution in [1.82, 2.24) is 24.5 Å². The van der Waals surface area contributed by atoms with E-state index in [1.807, 2.05) is 23.7 Å². The van der Waals surface area contributed by atoms with Crippen molar-refractivity contribution >= 4 is 23.7 Å². The summed E-state index contributed by atoms with van der Waals surface area (Å²) in [7, 11) is 1.97. The number of nitrogens with two attached hydrogens (primary N) is 1. The summed E-state index contributed by atoms with van der Waals surface area (Å²) in [5.74, 6) is 2.37. The van der Waals surface area contributed by atoms with Crippen LogP contribution in [-0.2, 0) is 0 Å². The minimum atomic E-state index is 0.211. The number of aromatic nitrogens is 5. The first-order valence-electron chi connectivity index (χ1n) is 6.33. The topological polar surface area (TPSA) is 85.8 Å². The van der Waals surface area contributed by atoms with Crippen LogP contribution >= 0.6 is 11.8 Å². The number of thioether (sulfide) groups is 1. The van der Waals surface area contributed by atoms with Gasteiger partial charge in [0.15, 0.2) is 0 Å². The second-order valence-corrected chi connectivity index (χ2v) is 5.49. The summed E-state index contributed by atoms with van der Waals surface area (Å²) in [5.41, 5.74) is 5.78. The largest absolute Gasteiger partial charge is 0.368 e. The van der Waals surface area contributed by atoms with E-state index in [4.69, 9.17) is 5.73 Å². The predicted molar refractivity (Wildman–Crippen MR) is 82.2 cm³/mol. The summed E-state index contributed by atoms with van der Waals surface area (Å²) in [6, 6.07) is 0.333. The number of hydrogen-bond donors (Lipinski definition) is 1. The van der Waals surface area contributed by atoms with E-state index < -0.39 is 0 Å². The molecule has 108 valence electrons. The van der Waals surface area contributed by atoms with Crippen molar-refractivity contribution in [2.24, 2.45) is 0 Å². The van der Waals surface area contributed by atoms with Crippen LogP contribution in [0.4, 0.5) is 11.9 Å². The molecule has 0 amide bonds. The number of nitrogen functional groups attached to an aromatic ring is 1. The molecule has 0 bridgehead atoms. The smallest absolute Gasteiger partial charge is 0.241 e. The van der Waals surface area contributed by atoms with Crippen molar-refractivity contribution < 1.29 is 0 Å². The number of anilines is 2. The van der Waals surface area contributed by atoms with Gasteiger partial charge in [-0.15, -0.1) is 0 Å². The summed E-state index contributed by atoms with van der Waals surface area (Å²) in [6.45, 7) is 2.15. The summed E-state index contributed by atoms with van der Waals surface area (Å²) in [6.07, 6.45) is 8.24. The second kappa shape index (κ2) is 6.56. The maximum absolute atomic E-state index is 5.78. The molecule has 2 heterocycles. The van der Waals surface area contributed by atoms with Crippen LogP contribution in [0, 0.1) is 0 Å². The quantitative estimate of drug-likeness (QED) is 0.857. The second-order valence-electron chi connectivity index (χ2n) is 4.50. The lowest BCUT2D eigenvalue weighted by atomic mass is 10.2. The molecule has 7 nitrogen and oxygen atoms in total. The van der Waals surface area contributed by atoms with E-state index in [1.54, 1.807) is 23.3 Å². The molecule has 0 aromatic carbocycles. The van der Waals surface area contributed by atoms with Crippen molar-refractivity contribution in [3.05, 3.63) is 18.7 Å². The zero-order valence-electron chi connectivity index (χ0n) is 11.9. The fraction of sp³-hybridized carbons (Fsp3) is 0.500. The maximum Gasteiger partial charge on any atom is 0.241 e. The SMILES string of the molecule is CSCCC(C)N(C)c1nc(N)nc(-n2ccnc2)n1. The van der Waals surface area contributed by atoms with Crippen molar-refractivity contribution in [3.8, 4) is 5.95 Å². The van der Waals surface area contributed by atoms with Gasteiger partial charge in [-0.25, -0.2) is 4.98 Å². The summed E-state index contributed by atoms with van der Waals surface area (Å²) >= 11 is 1.83. The van der Waals surface area contributed by atoms with Crippen LogP contribution in [0.3, 0.4) is 0 Å². The summed E-state index contributed by atoms with van der Waals surface area (Å²) in [5, 5.41) is 0. The van der Waals surface area contributed by atoms with Crippen LogP contribution in [0.1, 0.15) is 13.3 Å². The molecule has 2 aromatic heterocycles. The Morgan fingerprint density at radius 1 is 1.40 bits per heavy atom. The third kappa shape index (κ3) is 3.38. The third-order valence-corrected chi connectivity index (χ3v) is 3.72. The van der Waals surface area contributed by atoms with Gasteiger partial charge in [0.25, 0.3) is 0 Å². The monoisotopic (exact) mass is 293 g/mol. The van der Waals surface area contributed by atoms with E-state index in [0.717, 1.165) is 12.2 Å². The molecule has 0 saturated heterocycles. The highest BCUT2D eigenvalue weighted by molar-refractivity contribution is 7.98. The highest BCUT2D eigenvalue weighted by Crippen LogP contribution is 2.15. The van der Waals surface area contributed by atoms with Gasteiger partial charge in [-0.2, -0.15) is 26.7 Å². The highest BCUT2D eigenvalue weighted by Gasteiger charge is 2.15. The van der Waals surface area contributed by atoms with E-state index in [9.17, 15) is 0 Å². The molecule has 0 fully saturated rings. The van der Waals surface area contributed by atoms with Gasteiger partial charge >= 0.3 is 0 Å². The van der Waals surface area contributed by atoms with Gasteiger partial charge in [0, 0.05) is 25.5 Å². The fourth-order valence-electron chi connectivity index (χ4n) is 1.70. The molecular weight excluding hydrogens is 274 g/mol. The van der Waals surface area contributed by atoms with Gasteiger partial charge in [-0.1, -0.05) is 0 Å². The molecule has 20 heavy (non-hydrogen) atoms. The molecule has 2 N–H and O–H groups in total. The van der Waals surface area contributed by atoms with Crippen molar-refractivity contribution in [3.63, 3.8) is 0 Å². The lowest BCUT2D eigenvalue weighted by molar-refractivity contribution is 0.650. The lowest BCUT2D eigenvalue weighted by Gasteiger charge is -2.24. The molecule has 8 heteroatoms. The Hall–Kier alpha value is -1.83. The van der Waals surface area contributed by atoms with Crippen molar-refractivity contribution in [1.29, 1.82) is 0 Å². The first-order chi connectivity index (χ1) is 9.61. The van der Waals surface area contributed by atoms with Gasteiger partial charge in [0.2, 0.25) is 17.8 Å². The van der Waals surface area contributed by atoms with Gasteiger partial charge in [0.1, 0.15) is 6.33 Å². The van der Waals surface area contributed by atoms with E-state index in [1.165, 1.54) is 0 Å². The van der Waals surface area contributed by atoms with Gasteiger partial charge < -0.3 is 10.6 Å². The van der Waals surface area contributed by atoms with Crippen LogP contribution in [0.5, 0.6) is 0 Å². The Morgan fingerprint density at radius 3 is 2.85 bits per heavy atom. The molecule has 0 saturated carbocycles. The number of rotatable bonds is 6. The number of hydrogen-bond acceptors (Lipinski definition) is 7. The van der Waals surface area contributed by atoms with Crippen molar-refractivity contribution in [2.45, 2.75) is 19.4 Å². The van der Waals surface area contributed by atoms with E-state index in [2.05, 4.69) is 33.1 Å². The molecule has 0 aliphatic heterocycles. The Bertz CT molecular complexity index is 543. The maximum atomic E-state index is 5.78. The Labute approximate surface area is 122 Å². The third-order valence-electron chi connectivity index (χ3n) is 3.08. The number of imidazole rings is 1. The minimum Gasteiger partial charge on any atom is -0.368 e. The molecule has 0 aliphatic carbocycles. The Kier molecular flexibility index (Phi) is 4.78. The van der Waals surface area contributed by atoms with E-state index >= 15 is 0 Å². The van der Waals surface area contributed by atoms with Gasteiger partial charge in [-0.05, 0) is 25.4 Å². The zero-order valence-corrected chi connectivity index (χ0v) is 12.7. The molecule has 0 spiro atoms. The van der Waals surface area contributed by atoms with Crippen LogP contribution in [-0.4, -0.2) is 49.6 Å². The predicted octanol–water partition coefficient (Wildman–Crippen LogP) is 1.22. The molecule has 1 atom stereocenters. The Morgan fingerprint density at radius 2 is 2.20 bits per heavy atom. The fourth-order valence-corrected chi connectivity index (χ4v) is 2.28. The molecule has 2 aromatic rings. The number of nitrogens with zero attached hydrogens (tertiary/aromatic N) is 6. The highest BCUT2D eigenvalue weighted by atomic mass is 32.2. The van der Waals surface area contributed by atoms with Crippen LogP contribution < -0.4 is 10.6 Å². The van der Waals surface area contributed by atoms with E-state index in [-0.39, 0.29) is 5.95 Å². The summed E-state index contributed by atoms with van der Waals surface area (Å²) in [4.78, 5) is 18.8. The molecule has 2 rings (SSSR count). The average molecular weight is 293 g/mol. The first-order valence-corrected chi connectivity index (χ1v) is 7.73. The Balaban J connectivity index is 2.23. The molecule has 1 unspecified atom stereocenters. The minimum absolute atomic E-state index is 0.211. The van der Waals surface area contributed by atoms with Crippen molar-refractivity contribution in [2.75, 3.05) is 29.7 Å².